The molecule has 0 aliphatic heterocycles. The van der Waals surface area contributed by atoms with Crippen molar-refractivity contribution < 1.29 is 0 Å². The van der Waals surface area contributed by atoms with Gasteiger partial charge in [-0.3, -0.25) is 0 Å². The van der Waals surface area contributed by atoms with Crippen LogP contribution in [0.1, 0.15) is 43.7 Å². The Morgan fingerprint density at radius 2 is 1.90 bits per heavy atom. The van der Waals surface area contributed by atoms with Crippen LogP contribution in [0.4, 0.5) is 0 Å². The fraction of sp³-hybridized carbons (Fsp3) is 0.412. The minimum atomic E-state index is 0.178. The third-order valence-electron chi connectivity index (χ3n) is 3.66. The number of nitrogens with one attached hydrogen (secondary N) is 1. The second kappa shape index (κ2) is 6.88. The molecule has 2 rings (SSSR count). The average Bonchev–Trinajstić information content (AvgIpc) is 2.96. The molecule has 20 heavy (non-hydrogen) atoms. The third-order valence-corrected chi connectivity index (χ3v) is 5.42. The lowest BCUT2D eigenvalue weighted by molar-refractivity contribution is 0.421. The average molecular weight is 352 g/mol. The minimum absolute atomic E-state index is 0.178. The molecule has 0 bridgehead atoms. The standard InChI is InChI=1S/C17H22BrNS/c1-4-15(13-7-9-14(18)10-8-13)19-12-17(2,3)16-6-5-11-20-16/h5-11,15,19H,4,12H2,1-3H3. The van der Waals surface area contributed by atoms with Crippen LogP contribution in [0.3, 0.4) is 0 Å². The van der Waals surface area contributed by atoms with Gasteiger partial charge in [-0.25, -0.2) is 0 Å². The molecule has 108 valence electrons. The topological polar surface area (TPSA) is 12.0 Å². The zero-order valence-corrected chi connectivity index (χ0v) is 14.7. The molecule has 1 N–H and O–H groups in total. The predicted octanol–water partition coefficient (Wildman–Crippen LogP) is 5.53. The molecule has 0 amide bonds. The smallest absolute Gasteiger partial charge is 0.0318 e. The molecular weight excluding hydrogens is 330 g/mol. The molecule has 1 aromatic heterocycles. The Bertz CT molecular complexity index is 516. The van der Waals surface area contributed by atoms with Crippen LogP contribution in [-0.4, -0.2) is 6.54 Å². The Balaban J connectivity index is 2.02. The molecule has 0 spiro atoms. The first-order valence-electron chi connectivity index (χ1n) is 7.06. The number of hydrogen-bond donors (Lipinski definition) is 1. The van der Waals surface area contributed by atoms with E-state index < -0.39 is 0 Å². The SMILES string of the molecule is CCC(NCC(C)(C)c1cccs1)c1ccc(Br)cc1. The second-order valence-corrected chi connectivity index (χ2v) is 7.62. The van der Waals surface area contributed by atoms with Crippen molar-refractivity contribution in [2.45, 2.75) is 38.6 Å². The highest BCUT2D eigenvalue weighted by Crippen LogP contribution is 2.28. The van der Waals surface area contributed by atoms with Gasteiger partial charge in [-0.2, -0.15) is 0 Å². The van der Waals surface area contributed by atoms with Crippen LogP contribution < -0.4 is 5.32 Å². The van der Waals surface area contributed by atoms with Crippen LogP contribution in [0.5, 0.6) is 0 Å². The summed E-state index contributed by atoms with van der Waals surface area (Å²) in [6, 6.07) is 13.4. The van der Waals surface area contributed by atoms with Crippen LogP contribution in [-0.2, 0) is 5.41 Å². The van der Waals surface area contributed by atoms with Gasteiger partial charge in [0, 0.05) is 27.4 Å². The Labute approximate surface area is 134 Å². The first kappa shape index (κ1) is 15.7. The van der Waals surface area contributed by atoms with E-state index in [9.17, 15) is 0 Å². The number of benzene rings is 1. The molecule has 3 heteroatoms. The van der Waals surface area contributed by atoms with Gasteiger partial charge in [0.15, 0.2) is 0 Å². The molecule has 2 aromatic rings. The quantitative estimate of drug-likeness (QED) is 0.721. The van der Waals surface area contributed by atoms with E-state index in [0.29, 0.717) is 6.04 Å². The first-order valence-corrected chi connectivity index (χ1v) is 8.73. The number of hydrogen-bond acceptors (Lipinski definition) is 2. The maximum absolute atomic E-state index is 3.73. The normalized spacial score (nSPS) is 13.4. The summed E-state index contributed by atoms with van der Waals surface area (Å²) < 4.78 is 1.13. The van der Waals surface area contributed by atoms with Crippen LogP contribution in [0, 0.1) is 0 Å². The van der Waals surface area contributed by atoms with Crippen molar-refractivity contribution in [2.24, 2.45) is 0 Å². The van der Waals surface area contributed by atoms with Gasteiger partial charge >= 0.3 is 0 Å². The lowest BCUT2D eigenvalue weighted by atomic mass is 9.90. The second-order valence-electron chi connectivity index (χ2n) is 5.75. The fourth-order valence-corrected chi connectivity index (χ4v) is 3.44. The maximum atomic E-state index is 3.73. The number of halogens is 1. The van der Waals surface area contributed by atoms with E-state index in [1.165, 1.54) is 10.4 Å². The zero-order valence-electron chi connectivity index (χ0n) is 12.3. The molecule has 1 unspecified atom stereocenters. The van der Waals surface area contributed by atoms with E-state index in [0.717, 1.165) is 17.4 Å². The molecule has 1 nitrogen and oxygen atoms in total. The molecule has 0 radical (unpaired) electrons. The molecule has 1 heterocycles. The van der Waals surface area contributed by atoms with Crippen molar-refractivity contribution in [3.05, 3.63) is 56.7 Å². The summed E-state index contributed by atoms with van der Waals surface area (Å²) in [5.74, 6) is 0. The third kappa shape index (κ3) is 3.94. The van der Waals surface area contributed by atoms with E-state index in [2.05, 4.69) is 83.8 Å². The number of thiophene rings is 1. The zero-order chi connectivity index (χ0) is 14.6. The molecule has 0 aliphatic carbocycles. The van der Waals surface area contributed by atoms with Crippen molar-refractivity contribution in [2.75, 3.05) is 6.54 Å². The van der Waals surface area contributed by atoms with E-state index >= 15 is 0 Å². The van der Waals surface area contributed by atoms with Crippen LogP contribution >= 0.6 is 27.3 Å². The molecule has 0 saturated carbocycles. The minimum Gasteiger partial charge on any atom is -0.309 e. The van der Waals surface area contributed by atoms with Crippen molar-refractivity contribution in [3.63, 3.8) is 0 Å². The van der Waals surface area contributed by atoms with Crippen molar-refractivity contribution in [1.29, 1.82) is 0 Å². The molecule has 0 fully saturated rings. The Morgan fingerprint density at radius 1 is 1.20 bits per heavy atom. The Hall–Kier alpha value is -0.640. The van der Waals surface area contributed by atoms with Crippen molar-refractivity contribution in [3.8, 4) is 0 Å². The highest BCUT2D eigenvalue weighted by Gasteiger charge is 2.22. The Kier molecular flexibility index (Phi) is 5.42. The highest BCUT2D eigenvalue weighted by molar-refractivity contribution is 9.10. The van der Waals surface area contributed by atoms with E-state index in [1.54, 1.807) is 0 Å². The number of rotatable bonds is 6. The molecule has 1 aromatic carbocycles. The summed E-state index contributed by atoms with van der Waals surface area (Å²) in [4.78, 5) is 1.44. The lowest BCUT2D eigenvalue weighted by Gasteiger charge is -2.27. The summed E-state index contributed by atoms with van der Waals surface area (Å²) in [5.41, 5.74) is 1.54. The highest BCUT2D eigenvalue weighted by atomic mass is 79.9. The van der Waals surface area contributed by atoms with E-state index in [1.807, 2.05) is 11.3 Å². The van der Waals surface area contributed by atoms with Gasteiger partial charge in [0.25, 0.3) is 0 Å². The van der Waals surface area contributed by atoms with Crippen LogP contribution in [0.2, 0.25) is 0 Å². The van der Waals surface area contributed by atoms with Crippen LogP contribution in [0.15, 0.2) is 46.3 Å². The van der Waals surface area contributed by atoms with Gasteiger partial charge in [-0.1, -0.05) is 54.9 Å². The molecule has 0 aliphatic rings. The largest absolute Gasteiger partial charge is 0.309 e. The van der Waals surface area contributed by atoms with E-state index in [-0.39, 0.29) is 5.41 Å². The lowest BCUT2D eigenvalue weighted by Crippen LogP contribution is -2.34. The van der Waals surface area contributed by atoms with Crippen LogP contribution in [0.25, 0.3) is 0 Å². The molecule has 0 saturated heterocycles. The van der Waals surface area contributed by atoms with Gasteiger partial charge < -0.3 is 5.32 Å². The Morgan fingerprint density at radius 3 is 2.45 bits per heavy atom. The fourth-order valence-electron chi connectivity index (χ4n) is 2.32. The maximum Gasteiger partial charge on any atom is 0.0318 e. The van der Waals surface area contributed by atoms with Gasteiger partial charge in [0.1, 0.15) is 0 Å². The monoisotopic (exact) mass is 351 g/mol. The van der Waals surface area contributed by atoms with Gasteiger partial charge in [0.05, 0.1) is 0 Å². The predicted molar refractivity (Wildman–Crippen MR) is 92.5 cm³/mol. The van der Waals surface area contributed by atoms with Gasteiger partial charge in [-0.15, -0.1) is 11.3 Å². The summed E-state index contributed by atoms with van der Waals surface area (Å²) in [5, 5.41) is 5.88. The first-order chi connectivity index (χ1) is 9.53. The summed E-state index contributed by atoms with van der Waals surface area (Å²) in [6.45, 7) is 7.83. The van der Waals surface area contributed by atoms with Crippen molar-refractivity contribution >= 4 is 27.3 Å². The van der Waals surface area contributed by atoms with E-state index in [4.69, 9.17) is 0 Å². The summed E-state index contributed by atoms with van der Waals surface area (Å²) >= 11 is 5.34. The molecular formula is C17H22BrNS. The molecule has 1 atom stereocenters. The van der Waals surface area contributed by atoms with Gasteiger partial charge in [0.2, 0.25) is 0 Å². The summed E-state index contributed by atoms with van der Waals surface area (Å²) in [6.07, 6.45) is 1.10. The summed E-state index contributed by atoms with van der Waals surface area (Å²) in [7, 11) is 0. The van der Waals surface area contributed by atoms with Gasteiger partial charge in [-0.05, 0) is 35.6 Å². The van der Waals surface area contributed by atoms with Crippen molar-refractivity contribution in [1.82, 2.24) is 5.32 Å².